The zero-order chi connectivity index (χ0) is 25.4. The van der Waals surface area contributed by atoms with Crippen molar-refractivity contribution in [1.29, 1.82) is 0 Å². The third-order valence-corrected chi connectivity index (χ3v) is 5.77. The van der Waals surface area contributed by atoms with E-state index in [-0.39, 0.29) is 23.7 Å². The van der Waals surface area contributed by atoms with Crippen molar-refractivity contribution in [2.45, 2.75) is 38.4 Å². The number of halogens is 5. The molecule has 1 N–H and O–H groups in total. The van der Waals surface area contributed by atoms with Crippen LogP contribution in [0.4, 0.5) is 27.8 Å². The molecule has 0 bridgehead atoms. The van der Waals surface area contributed by atoms with Crippen molar-refractivity contribution in [3.8, 4) is 5.69 Å². The van der Waals surface area contributed by atoms with Crippen molar-refractivity contribution in [2.75, 3.05) is 18.4 Å². The topological polar surface area (TPSA) is 88.8 Å². The molecule has 186 valence electrons. The largest absolute Gasteiger partial charge is 0.417 e. The number of aromatic nitrogens is 5. The SMILES string of the molecule is Cc1ccc(-n2nccn2)c(C(=O)N2CC(F)(F)C[C@@H](C)[C@H]2CNc2ccc(C(F)(F)F)cn2)n1. The highest BCUT2D eigenvalue weighted by molar-refractivity contribution is 5.96. The third-order valence-electron chi connectivity index (χ3n) is 5.77. The van der Waals surface area contributed by atoms with Crippen molar-refractivity contribution >= 4 is 11.7 Å². The number of pyridine rings is 2. The molecule has 2 atom stereocenters. The lowest BCUT2D eigenvalue weighted by Gasteiger charge is -2.43. The molecule has 13 heteroatoms. The third kappa shape index (κ3) is 5.38. The van der Waals surface area contributed by atoms with E-state index in [1.807, 2.05) is 0 Å². The van der Waals surface area contributed by atoms with Gasteiger partial charge in [0, 0.05) is 24.9 Å². The maximum Gasteiger partial charge on any atom is 0.417 e. The Bertz CT molecular complexity index is 1180. The predicted octanol–water partition coefficient (Wildman–Crippen LogP) is 3.98. The van der Waals surface area contributed by atoms with E-state index < -0.39 is 48.5 Å². The Morgan fingerprint density at radius 1 is 1.17 bits per heavy atom. The van der Waals surface area contributed by atoms with Crippen LogP contribution >= 0.6 is 0 Å². The van der Waals surface area contributed by atoms with Gasteiger partial charge >= 0.3 is 6.18 Å². The second-order valence-electron chi connectivity index (χ2n) is 8.49. The number of rotatable bonds is 5. The number of hydrogen-bond donors (Lipinski definition) is 1. The summed E-state index contributed by atoms with van der Waals surface area (Å²) in [5.41, 5.74) is -0.243. The molecule has 3 aromatic heterocycles. The standard InChI is InChI=1S/C22H22F5N7O/c1-13-9-21(23,24)12-33(17(13)11-29-18-6-4-15(10-28-18)22(25,26)27)20(35)19-16(5-3-14(2)32-19)34-30-7-8-31-34/h3-8,10,13,17H,9,11-12H2,1-2H3,(H,28,29)/t13-,17-/m1/s1. The lowest BCUT2D eigenvalue weighted by atomic mass is 9.88. The molecule has 1 aliphatic rings. The van der Waals surface area contributed by atoms with Crippen LogP contribution in [0.15, 0.2) is 42.9 Å². The first-order valence-electron chi connectivity index (χ1n) is 10.7. The summed E-state index contributed by atoms with van der Waals surface area (Å²) < 4.78 is 67.5. The second kappa shape index (κ2) is 9.19. The van der Waals surface area contributed by atoms with E-state index >= 15 is 0 Å². The van der Waals surface area contributed by atoms with Crippen molar-refractivity contribution in [3.63, 3.8) is 0 Å². The Morgan fingerprint density at radius 3 is 2.51 bits per heavy atom. The zero-order valence-electron chi connectivity index (χ0n) is 18.8. The number of nitrogens with zero attached hydrogens (tertiary/aromatic N) is 6. The van der Waals surface area contributed by atoms with Crippen LogP contribution in [-0.4, -0.2) is 60.8 Å². The Morgan fingerprint density at radius 2 is 1.89 bits per heavy atom. The Hall–Kier alpha value is -3.64. The molecule has 0 aliphatic carbocycles. The fourth-order valence-electron chi connectivity index (χ4n) is 4.10. The number of carbonyl (C=O) groups is 1. The van der Waals surface area contributed by atoms with E-state index in [0.717, 1.165) is 17.0 Å². The molecule has 4 heterocycles. The molecule has 1 amide bonds. The van der Waals surface area contributed by atoms with Gasteiger partial charge in [0.2, 0.25) is 0 Å². The molecule has 8 nitrogen and oxygen atoms in total. The fourth-order valence-corrected chi connectivity index (χ4v) is 4.10. The van der Waals surface area contributed by atoms with Gasteiger partial charge in [-0.1, -0.05) is 6.92 Å². The first-order valence-corrected chi connectivity index (χ1v) is 10.7. The summed E-state index contributed by atoms with van der Waals surface area (Å²) in [6.07, 6.45) is -1.47. The molecule has 1 aliphatic heterocycles. The Kier molecular flexibility index (Phi) is 6.43. The van der Waals surface area contributed by atoms with Gasteiger partial charge in [0.25, 0.3) is 11.8 Å². The molecule has 0 unspecified atom stereocenters. The Labute approximate surface area is 197 Å². The second-order valence-corrected chi connectivity index (χ2v) is 8.49. The normalized spacial score (nSPS) is 20.0. The van der Waals surface area contributed by atoms with E-state index in [1.54, 1.807) is 26.0 Å². The van der Waals surface area contributed by atoms with Gasteiger partial charge in [-0.15, -0.1) is 4.80 Å². The van der Waals surface area contributed by atoms with Crippen LogP contribution in [0.1, 0.15) is 35.1 Å². The highest BCUT2D eigenvalue weighted by Gasteiger charge is 2.46. The molecule has 0 aromatic carbocycles. The lowest BCUT2D eigenvalue weighted by Crippen LogP contribution is -2.57. The first kappa shape index (κ1) is 24.5. The summed E-state index contributed by atoms with van der Waals surface area (Å²) in [5, 5.41) is 10.9. The molecular formula is C22H22F5N7O. The maximum absolute atomic E-state index is 14.5. The minimum Gasteiger partial charge on any atom is -0.368 e. The molecule has 1 saturated heterocycles. The molecule has 3 aromatic rings. The van der Waals surface area contributed by atoms with E-state index in [9.17, 15) is 26.7 Å². The van der Waals surface area contributed by atoms with Crippen LogP contribution in [0.5, 0.6) is 0 Å². The summed E-state index contributed by atoms with van der Waals surface area (Å²) in [6.45, 7) is 2.44. The summed E-state index contributed by atoms with van der Waals surface area (Å²) in [7, 11) is 0. The van der Waals surface area contributed by atoms with Crippen LogP contribution in [0.2, 0.25) is 0 Å². The summed E-state index contributed by atoms with van der Waals surface area (Å²) >= 11 is 0. The first-order chi connectivity index (χ1) is 16.4. The predicted molar refractivity (Wildman–Crippen MR) is 115 cm³/mol. The zero-order valence-corrected chi connectivity index (χ0v) is 18.8. The number of anilines is 1. The fraction of sp³-hybridized carbons (Fsp3) is 0.409. The van der Waals surface area contributed by atoms with Crippen molar-refractivity contribution in [3.05, 3.63) is 59.8 Å². The number of carbonyl (C=O) groups excluding carboxylic acids is 1. The van der Waals surface area contributed by atoms with Crippen LogP contribution in [-0.2, 0) is 6.18 Å². The van der Waals surface area contributed by atoms with E-state index in [1.165, 1.54) is 17.2 Å². The molecule has 4 rings (SSSR count). The van der Waals surface area contributed by atoms with Gasteiger partial charge < -0.3 is 10.2 Å². The highest BCUT2D eigenvalue weighted by atomic mass is 19.4. The number of nitrogens with one attached hydrogen (secondary N) is 1. The number of aryl methyl sites for hydroxylation is 1. The van der Waals surface area contributed by atoms with Crippen molar-refractivity contribution in [1.82, 2.24) is 29.9 Å². The van der Waals surface area contributed by atoms with Gasteiger partial charge in [0.15, 0.2) is 5.69 Å². The number of amides is 1. The average molecular weight is 495 g/mol. The van der Waals surface area contributed by atoms with Gasteiger partial charge in [0.1, 0.15) is 11.5 Å². The minimum absolute atomic E-state index is 0.00250. The van der Waals surface area contributed by atoms with E-state index in [2.05, 4.69) is 25.5 Å². The quantitative estimate of drug-likeness (QED) is 0.539. The van der Waals surface area contributed by atoms with E-state index in [4.69, 9.17) is 0 Å². The molecule has 0 saturated carbocycles. The maximum atomic E-state index is 14.5. The van der Waals surface area contributed by atoms with Gasteiger partial charge in [0.05, 0.1) is 30.5 Å². The lowest BCUT2D eigenvalue weighted by molar-refractivity contribution is -0.137. The van der Waals surface area contributed by atoms with Crippen molar-refractivity contribution < 1.29 is 26.7 Å². The monoisotopic (exact) mass is 495 g/mol. The minimum atomic E-state index is -4.53. The molecule has 0 spiro atoms. The molecule has 1 fully saturated rings. The van der Waals surface area contributed by atoms with Gasteiger partial charge in [-0.3, -0.25) is 4.79 Å². The van der Waals surface area contributed by atoms with Crippen LogP contribution in [0, 0.1) is 12.8 Å². The number of alkyl halides is 5. The van der Waals surface area contributed by atoms with Crippen LogP contribution < -0.4 is 5.32 Å². The molecule has 0 radical (unpaired) electrons. The summed E-state index contributed by atoms with van der Waals surface area (Å²) in [6, 6.07) is 4.56. The number of hydrogen-bond acceptors (Lipinski definition) is 6. The van der Waals surface area contributed by atoms with Gasteiger partial charge in [-0.05, 0) is 37.1 Å². The van der Waals surface area contributed by atoms with Crippen molar-refractivity contribution in [2.24, 2.45) is 5.92 Å². The average Bonchev–Trinajstić information content (AvgIpc) is 3.31. The van der Waals surface area contributed by atoms with E-state index in [0.29, 0.717) is 11.9 Å². The smallest absolute Gasteiger partial charge is 0.368 e. The highest BCUT2D eigenvalue weighted by Crippen LogP contribution is 2.36. The van der Waals surface area contributed by atoms with Gasteiger partial charge in [-0.2, -0.15) is 23.4 Å². The van der Waals surface area contributed by atoms with Crippen LogP contribution in [0.25, 0.3) is 5.69 Å². The molecular weight excluding hydrogens is 473 g/mol. The van der Waals surface area contributed by atoms with Gasteiger partial charge in [-0.25, -0.2) is 18.7 Å². The molecule has 35 heavy (non-hydrogen) atoms. The summed E-state index contributed by atoms with van der Waals surface area (Å²) in [4.78, 5) is 23.9. The summed E-state index contributed by atoms with van der Waals surface area (Å²) in [5.74, 6) is -4.34. The number of likely N-dealkylation sites (tertiary alicyclic amines) is 1. The van der Waals surface area contributed by atoms with Crippen LogP contribution in [0.3, 0.4) is 0 Å². The Balaban J connectivity index is 1.61. The number of piperidine rings is 1.